The fourth-order valence-corrected chi connectivity index (χ4v) is 2.29. The Hall–Kier alpha value is -3.87. The fourth-order valence-electron chi connectivity index (χ4n) is 2.29. The van der Waals surface area contributed by atoms with E-state index in [9.17, 15) is 9.59 Å². The first-order chi connectivity index (χ1) is 13.2. The molecule has 3 amide bonds. The molecule has 1 aromatic heterocycles. The summed E-state index contributed by atoms with van der Waals surface area (Å²) in [4.78, 5) is 23.9. The molecule has 0 aliphatic heterocycles. The SMILES string of the molecule is C=CCNC(=O)Nc1ccc(NC(=O)c2cc(-c3ccccc3)on2)cc1. The Balaban J connectivity index is 1.60. The maximum atomic E-state index is 12.3. The van der Waals surface area contributed by atoms with Gasteiger partial charge in [-0.2, -0.15) is 0 Å². The predicted molar refractivity (Wildman–Crippen MR) is 104 cm³/mol. The number of nitrogens with one attached hydrogen (secondary N) is 3. The monoisotopic (exact) mass is 362 g/mol. The maximum absolute atomic E-state index is 12.3. The maximum Gasteiger partial charge on any atom is 0.319 e. The second kappa shape index (κ2) is 8.48. The standard InChI is InChI=1S/C20H18N4O3/c1-2-12-21-20(26)23-16-10-8-15(9-11-16)22-19(25)17-13-18(27-24-17)14-6-4-3-5-7-14/h2-11,13H,1,12H2,(H,22,25)(H2,21,23,26). The van der Waals surface area contributed by atoms with Crippen LogP contribution in [-0.4, -0.2) is 23.6 Å². The molecule has 0 radical (unpaired) electrons. The van der Waals surface area contributed by atoms with E-state index in [1.807, 2.05) is 30.3 Å². The number of nitrogens with zero attached hydrogens (tertiary/aromatic N) is 1. The van der Waals surface area contributed by atoms with Gasteiger partial charge in [0, 0.05) is 29.5 Å². The van der Waals surface area contributed by atoms with Gasteiger partial charge in [-0.05, 0) is 24.3 Å². The van der Waals surface area contributed by atoms with Gasteiger partial charge in [-0.3, -0.25) is 4.79 Å². The summed E-state index contributed by atoms with van der Waals surface area (Å²) in [5.41, 5.74) is 2.19. The summed E-state index contributed by atoms with van der Waals surface area (Å²) < 4.78 is 5.23. The van der Waals surface area contributed by atoms with Crippen molar-refractivity contribution in [3.05, 3.63) is 79.0 Å². The summed E-state index contributed by atoms with van der Waals surface area (Å²) in [6, 6.07) is 17.4. The van der Waals surface area contributed by atoms with Crippen molar-refractivity contribution < 1.29 is 14.1 Å². The van der Waals surface area contributed by atoms with Crippen molar-refractivity contribution in [2.45, 2.75) is 0 Å². The van der Waals surface area contributed by atoms with E-state index >= 15 is 0 Å². The highest BCUT2D eigenvalue weighted by Gasteiger charge is 2.14. The van der Waals surface area contributed by atoms with E-state index in [4.69, 9.17) is 4.52 Å². The molecule has 3 N–H and O–H groups in total. The molecule has 3 aromatic rings. The van der Waals surface area contributed by atoms with E-state index in [1.165, 1.54) is 0 Å². The molecule has 0 spiro atoms. The lowest BCUT2D eigenvalue weighted by Gasteiger charge is -2.07. The van der Waals surface area contributed by atoms with Gasteiger partial charge in [0.25, 0.3) is 5.91 Å². The minimum absolute atomic E-state index is 0.180. The lowest BCUT2D eigenvalue weighted by Crippen LogP contribution is -2.28. The summed E-state index contributed by atoms with van der Waals surface area (Å²) >= 11 is 0. The third-order valence-electron chi connectivity index (χ3n) is 3.61. The third kappa shape index (κ3) is 4.82. The molecule has 0 unspecified atom stereocenters. The number of benzene rings is 2. The molecule has 136 valence electrons. The van der Waals surface area contributed by atoms with Crippen LogP contribution in [0.2, 0.25) is 0 Å². The zero-order valence-corrected chi connectivity index (χ0v) is 14.4. The number of urea groups is 1. The first-order valence-corrected chi connectivity index (χ1v) is 8.25. The largest absolute Gasteiger partial charge is 0.355 e. The van der Waals surface area contributed by atoms with Gasteiger partial charge in [-0.25, -0.2) is 4.79 Å². The highest BCUT2D eigenvalue weighted by Crippen LogP contribution is 2.20. The van der Waals surface area contributed by atoms with Gasteiger partial charge in [-0.15, -0.1) is 6.58 Å². The van der Waals surface area contributed by atoms with Gasteiger partial charge in [0.1, 0.15) is 0 Å². The van der Waals surface area contributed by atoms with Crippen LogP contribution in [0.1, 0.15) is 10.5 Å². The Morgan fingerprint density at radius 2 is 1.67 bits per heavy atom. The van der Waals surface area contributed by atoms with Crippen LogP contribution in [-0.2, 0) is 0 Å². The Morgan fingerprint density at radius 1 is 1.00 bits per heavy atom. The van der Waals surface area contributed by atoms with Crippen LogP contribution in [0.15, 0.2) is 77.8 Å². The van der Waals surface area contributed by atoms with Gasteiger partial charge < -0.3 is 20.5 Å². The van der Waals surface area contributed by atoms with Gasteiger partial charge in [0.15, 0.2) is 11.5 Å². The van der Waals surface area contributed by atoms with E-state index < -0.39 is 0 Å². The number of carbonyl (C=O) groups is 2. The third-order valence-corrected chi connectivity index (χ3v) is 3.61. The number of aromatic nitrogens is 1. The van der Waals surface area contributed by atoms with Crippen LogP contribution in [0.3, 0.4) is 0 Å². The quantitative estimate of drug-likeness (QED) is 0.579. The van der Waals surface area contributed by atoms with E-state index in [2.05, 4.69) is 27.7 Å². The number of anilines is 2. The van der Waals surface area contributed by atoms with Crippen molar-refractivity contribution in [1.29, 1.82) is 0 Å². The van der Waals surface area contributed by atoms with Crippen LogP contribution >= 0.6 is 0 Å². The van der Waals surface area contributed by atoms with Gasteiger partial charge in [-0.1, -0.05) is 41.6 Å². The average Bonchev–Trinajstić information content (AvgIpc) is 3.19. The highest BCUT2D eigenvalue weighted by atomic mass is 16.5. The van der Waals surface area contributed by atoms with Crippen LogP contribution in [0.25, 0.3) is 11.3 Å². The Labute approximate surface area is 156 Å². The normalized spacial score (nSPS) is 10.1. The molecule has 3 rings (SSSR count). The van der Waals surface area contributed by atoms with Gasteiger partial charge in [0.05, 0.1) is 0 Å². The van der Waals surface area contributed by atoms with Crippen molar-refractivity contribution in [1.82, 2.24) is 10.5 Å². The molecule has 0 bridgehead atoms. The molecular weight excluding hydrogens is 344 g/mol. The summed E-state index contributed by atoms with van der Waals surface area (Å²) in [6.07, 6.45) is 1.59. The summed E-state index contributed by atoms with van der Waals surface area (Å²) in [5, 5.41) is 11.8. The van der Waals surface area contributed by atoms with Gasteiger partial charge >= 0.3 is 6.03 Å². The molecule has 0 aliphatic rings. The molecule has 7 heteroatoms. The first kappa shape index (κ1) is 17.9. The molecule has 1 heterocycles. The zero-order chi connectivity index (χ0) is 19.1. The number of carbonyl (C=O) groups excluding carboxylic acids is 2. The van der Waals surface area contributed by atoms with Crippen LogP contribution < -0.4 is 16.0 Å². The second-order valence-corrected chi connectivity index (χ2v) is 5.60. The molecule has 0 fully saturated rings. The fraction of sp³-hybridized carbons (Fsp3) is 0.0500. The minimum atomic E-state index is -0.384. The molecule has 0 saturated heterocycles. The number of amides is 3. The van der Waals surface area contributed by atoms with E-state index in [0.29, 0.717) is 23.7 Å². The Morgan fingerprint density at radius 3 is 2.33 bits per heavy atom. The molecule has 0 saturated carbocycles. The number of hydrogen-bond acceptors (Lipinski definition) is 4. The lowest BCUT2D eigenvalue weighted by atomic mass is 10.1. The molecule has 7 nitrogen and oxygen atoms in total. The molecule has 0 atom stereocenters. The number of rotatable bonds is 6. The van der Waals surface area contributed by atoms with Crippen LogP contribution in [0, 0.1) is 0 Å². The second-order valence-electron chi connectivity index (χ2n) is 5.60. The molecular formula is C20H18N4O3. The topological polar surface area (TPSA) is 96.3 Å². The smallest absolute Gasteiger partial charge is 0.319 e. The predicted octanol–water partition coefficient (Wildman–Crippen LogP) is 3.90. The Bertz CT molecular complexity index is 933. The summed E-state index contributed by atoms with van der Waals surface area (Å²) in [7, 11) is 0. The minimum Gasteiger partial charge on any atom is -0.355 e. The van der Waals surface area contributed by atoms with Gasteiger partial charge in [0.2, 0.25) is 0 Å². The first-order valence-electron chi connectivity index (χ1n) is 8.25. The molecule has 0 aliphatic carbocycles. The molecule has 2 aromatic carbocycles. The highest BCUT2D eigenvalue weighted by molar-refractivity contribution is 6.03. The van der Waals surface area contributed by atoms with Crippen molar-refractivity contribution in [2.75, 3.05) is 17.2 Å². The van der Waals surface area contributed by atoms with Crippen molar-refractivity contribution in [3.8, 4) is 11.3 Å². The zero-order valence-electron chi connectivity index (χ0n) is 14.4. The molecule has 27 heavy (non-hydrogen) atoms. The van der Waals surface area contributed by atoms with Crippen molar-refractivity contribution in [3.63, 3.8) is 0 Å². The van der Waals surface area contributed by atoms with Crippen LogP contribution in [0.5, 0.6) is 0 Å². The van der Waals surface area contributed by atoms with E-state index in [1.54, 1.807) is 36.4 Å². The van der Waals surface area contributed by atoms with Crippen molar-refractivity contribution >= 4 is 23.3 Å². The van der Waals surface area contributed by atoms with E-state index in [0.717, 1.165) is 5.56 Å². The summed E-state index contributed by atoms with van der Waals surface area (Å²) in [5.74, 6) is 0.135. The Kier molecular flexibility index (Phi) is 5.64. The van der Waals surface area contributed by atoms with Crippen LogP contribution in [0.4, 0.5) is 16.2 Å². The van der Waals surface area contributed by atoms with Crippen molar-refractivity contribution in [2.24, 2.45) is 0 Å². The number of hydrogen-bond donors (Lipinski definition) is 3. The average molecular weight is 362 g/mol. The summed E-state index contributed by atoms with van der Waals surface area (Å²) in [6.45, 7) is 3.91. The van der Waals surface area contributed by atoms with E-state index in [-0.39, 0.29) is 17.6 Å². The lowest BCUT2D eigenvalue weighted by molar-refractivity contribution is 0.101.